The molecule has 0 unspecified atom stereocenters. The van der Waals surface area contributed by atoms with Crippen molar-refractivity contribution < 1.29 is 5.11 Å². The Morgan fingerprint density at radius 2 is 2.33 bits per heavy atom. The Kier molecular flexibility index (Phi) is 3.64. The third-order valence-electron chi connectivity index (χ3n) is 2.07. The van der Waals surface area contributed by atoms with Crippen molar-refractivity contribution in [1.29, 1.82) is 5.26 Å². The number of aromatic nitrogens is 1. The molecular formula is C11H15N3O. The average molecular weight is 205 g/mol. The van der Waals surface area contributed by atoms with E-state index in [1.165, 1.54) is 0 Å². The van der Waals surface area contributed by atoms with E-state index in [0.717, 1.165) is 5.69 Å². The van der Waals surface area contributed by atoms with Gasteiger partial charge in [0.05, 0.1) is 0 Å². The number of nitrogens with one attached hydrogen (secondary N) is 1. The lowest BCUT2D eigenvalue weighted by molar-refractivity contribution is 0.171. The predicted molar refractivity (Wildman–Crippen MR) is 58.3 cm³/mol. The summed E-state index contributed by atoms with van der Waals surface area (Å²) in [5.74, 6) is 0. The van der Waals surface area contributed by atoms with E-state index in [2.05, 4.69) is 10.3 Å². The van der Waals surface area contributed by atoms with Crippen LogP contribution in [0.2, 0.25) is 0 Å². The van der Waals surface area contributed by atoms with Gasteiger partial charge in [-0.2, -0.15) is 5.26 Å². The van der Waals surface area contributed by atoms with Crippen molar-refractivity contribution in [2.75, 3.05) is 18.5 Å². The highest BCUT2D eigenvalue weighted by Crippen LogP contribution is 2.15. The van der Waals surface area contributed by atoms with Crippen molar-refractivity contribution in [3.8, 4) is 6.07 Å². The second kappa shape index (κ2) is 4.76. The maximum atomic E-state index is 9.07. The van der Waals surface area contributed by atoms with Gasteiger partial charge in [-0.1, -0.05) is 13.8 Å². The monoisotopic (exact) mass is 205 g/mol. The highest BCUT2D eigenvalue weighted by Gasteiger charge is 2.15. The van der Waals surface area contributed by atoms with Crippen LogP contribution in [0.4, 0.5) is 5.69 Å². The number of aliphatic hydroxyl groups is 1. The molecule has 0 spiro atoms. The van der Waals surface area contributed by atoms with Gasteiger partial charge < -0.3 is 10.4 Å². The van der Waals surface area contributed by atoms with Crippen LogP contribution in [0.3, 0.4) is 0 Å². The molecule has 4 nitrogen and oxygen atoms in total. The predicted octanol–water partition coefficient (Wildman–Crippen LogP) is 1.38. The summed E-state index contributed by atoms with van der Waals surface area (Å²) in [5.41, 5.74) is 1.07. The Bertz CT molecular complexity index is 368. The van der Waals surface area contributed by atoms with Gasteiger partial charge in [0.1, 0.15) is 11.8 Å². The van der Waals surface area contributed by atoms with E-state index in [0.29, 0.717) is 12.2 Å². The fourth-order valence-corrected chi connectivity index (χ4v) is 0.999. The Labute approximate surface area is 89.6 Å². The quantitative estimate of drug-likeness (QED) is 0.779. The third-order valence-corrected chi connectivity index (χ3v) is 2.07. The smallest absolute Gasteiger partial charge is 0.142 e. The second-order valence-electron chi connectivity index (χ2n) is 4.22. The van der Waals surface area contributed by atoms with Gasteiger partial charge in [-0.3, -0.25) is 0 Å². The Hall–Kier alpha value is -1.60. The lowest BCUT2D eigenvalue weighted by Crippen LogP contribution is -2.26. The van der Waals surface area contributed by atoms with E-state index in [4.69, 9.17) is 10.4 Å². The lowest BCUT2D eigenvalue weighted by atomic mass is 9.95. The van der Waals surface area contributed by atoms with E-state index in [9.17, 15) is 0 Å². The number of rotatable bonds is 4. The van der Waals surface area contributed by atoms with E-state index < -0.39 is 0 Å². The van der Waals surface area contributed by atoms with Crippen LogP contribution < -0.4 is 5.32 Å². The zero-order valence-electron chi connectivity index (χ0n) is 8.99. The largest absolute Gasteiger partial charge is 0.396 e. The molecule has 2 N–H and O–H groups in total. The number of hydrogen-bond donors (Lipinski definition) is 2. The summed E-state index contributed by atoms with van der Waals surface area (Å²) in [4.78, 5) is 3.87. The average Bonchev–Trinajstić information content (AvgIpc) is 2.27. The van der Waals surface area contributed by atoms with Gasteiger partial charge >= 0.3 is 0 Å². The SMILES string of the molecule is CC(C)(CO)CNc1ccnc(C#N)c1. The highest BCUT2D eigenvalue weighted by molar-refractivity contribution is 5.45. The topological polar surface area (TPSA) is 68.9 Å². The van der Waals surface area contributed by atoms with Gasteiger partial charge in [0, 0.05) is 30.5 Å². The summed E-state index contributed by atoms with van der Waals surface area (Å²) in [7, 11) is 0. The van der Waals surface area contributed by atoms with Gasteiger partial charge in [0.15, 0.2) is 0 Å². The first-order valence-electron chi connectivity index (χ1n) is 4.78. The summed E-state index contributed by atoms with van der Waals surface area (Å²) in [5, 5.41) is 20.9. The minimum absolute atomic E-state index is 0.121. The molecule has 4 heteroatoms. The van der Waals surface area contributed by atoms with Crippen LogP contribution in [0.25, 0.3) is 0 Å². The Balaban J connectivity index is 2.62. The number of anilines is 1. The number of nitrogens with zero attached hydrogens (tertiary/aromatic N) is 2. The zero-order chi connectivity index (χ0) is 11.3. The lowest BCUT2D eigenvalue weighted by Gasteiger charge is -2.22. The molecule has 0 saturated heterocycles. The fourth-order valence-electron chi connectivity index (χ4n) is 0.999. The first-order valence-corrected chi connectivity index (χ1v) is 4.78. The molecule has 1 aromatic heterocycles. The minimum Gasteiger partial charge on any atom is -0.396 e. The minimum atomic E-state index is -0.171. The molecule has 0 aromatic carbocycles. The van der Waals surface area contributed by atoms with Gasteiger partial charge in [0.2, 0.25) is 0 Å². The summed E-state index contributed by atoms with van der Waals surface area (Å²) in [6.07, 6.45) is 1.59. The molecule has 0 atom stereocenters. The number of pyridine rings is 1. The third kappa shape index (κ3) is 3.56. The molecule has 0 amide bonds. The maximum absolute atomic E-state index is 9.07. The van der Waals surface area contributed by atoms with Gasteiger partial charge in [-0.05, 0) is 12.1 Å². The van der Waals surface area contributed by atoms with E-state index >= 15 is 0 Å². The first kappa shape index (κ1) is 11.5. The van der Waals surface area contributed by atoms with Crippen LogP contribution in [-0.4, -0.2) is 23.2 Å². The molecule has 0 aliphatic heterocycles. The van der Waals surface area contributed by atoms with Crippen LogP contribution in [0.1, 0.15) is 19.5 Å². The number of aliphatic hydroxyl groups excluding tert-OH is 1. The zero-order valence-corrected chi connectivity index (χ0v) is 8.99. The number of hydrogen-bond acceptors (Lipinski definition) is 4. The molecule has 0 aliphatic rings. The van der Waals surface area contributed by atoms with E-state index in [1.54, 1.807) is 18.3 Å². The molecule has 1 aromatic rings. The highest BCUT2D eigenvalue weighted by atomic mass is 16.3. The molecule has 15 heavy (non-hydrogen) atoms. The number of nitriles is 1. The Morgan fingerprint density at radius 1 is 1.60 bits per heavy atom. The molecule has 0 bridgehead atoms. The molecule has 80 valence electrons. The Morgan fingerprint density at radius 3 is 2.93 bits per heavy atom. The van der Waals surface area contributed by atoms with Crippen LogP contribution >= 0.6 is 0 Å². The van der Waals surface area contributed by atoms with Crippen molar-refractivity contribution in [2.24, 2.45) is 5.41 Å². The van der Waals surface area contributed by atoms with Crippen molar-refractivity contribution in [2.45, 2.75) is 13.8 Å². The van der Waals surface area contributed by atoms with Gasteiger partial charge in [-0.25, -0.2) is 4.98 Å². The molecule has 0 fully saturated rings. The molecule has 1 rings (SSSR count). The van der Waals surface area contributed by atoms with E-state index in [-0.39, 0.29) is 12.0 Å². The summed E-state index contributed by atoms with van der Waals surface area (Å²) >= 11 is 0. The van der Waals surface area contributed by atoms with Crippen molar-refractivity contribution in [1.82, 2.24) is 4.98 Å². The normalized spacial score (nSPS) is 10.8. The second-order valence-corrected chi connectivity index (χ2v) is 4.22. The van der Waals surface area contributed by atoms with Crippen LogP contribution in [-0.2, 0) is 0 Å². The van der Waals surface area contributed by atoms with Crippen LogP contribution in [0, 0.1) is 16.7 Å². The summed E-state index contributed by atoms with van der Waals surface area (Å²) in [6.45, 7) is 4.70. The van der Waals surface area contributed by atoms with Crippen molar-refractivity contribution in [3.63, 3.8) is 0 Å². The van der Waals surface area contributed by atoms with Crippen LogP contribution in [0.15, 0.2) is 18.3 Å². The molecule has 0 radical (unpaired) electrons. The standard InChI is InChI=1S/C11H15N3O/c1-11(2,8-15)7-14-9-3-4-13-10(5-9)6-12/h3-5,15H,7-8H2,1-2H3,(H,13,14). The molecular weight excluding hydrogens is 190 g/mol. The first-order chi connectivity index (χ1) is 7.07. The molecule has 0 saturated carbocycles. The molecule has 1 heterocycles. The summed E-state index contributed by atoms with van der Waals surface area (Å²) < 4.78 is 0. The fraction of sp³-hybridized carbons (Fsp3) is 0.455. The van der Waals surface area contributed by atoms with Gasteiger partial charge in [0.25, 0.3) is 0 Å². The maximum Gasteiger partial charge on any atom is 0.142 e. The summed E-state index contributed by atoms with van der Waals surface area (Å²) in [6, 6.07) is 5.47. The van der Waals surface area contributed by atoms with Gasteiger partial charge in [-0.15, -0.1) is 0 Å². The van der Waals surface area contributed by atoms with Crippen molar-refractivity contribution >= 4 is 5.69 Å². The van der Waals surface area contributed by atoms with Crippen molar-refractivity contribution in [3.05, 3.63) is 24.0 Å². The van der Waals surface area contributed by atoms with E-state index in [1.807, 2.05) is 19.9 Å². The molecule has 0 aliphatic carbocycles. The van der Waals surface area contributed by atoms with Crippen LogP contribution in [0.5, 0.6) is 0 Å².